The smallest absolute Gasteiger partial charge is 0.223 e. The standard InChI is InChI=1S/C14H20O4S10/c1-5-15-9(19)23-13(24-10(20)16-6-2)27-14(28-13,25-11(21)17-7-3)26-12(22)18-8-4/h5-8H2,1-4H3. The van der Waals surface area contributed by atoms with Gasteiger partial charge in [0.25, 0.3) is 0 Å². The third-order valence-corrected chi connectivity index (χ3v) is 13.0. The van der Waals surface area contributed by atoms with Crippen molar-refractivity contribution in [2.45, 2.75) is 33.2 Å². The molecule has 0 aromatic heterocycles. The molecule has 1 saturated heterocycles. The van der Waals surface area contributed by atoms with E-state index < -0.39 is 5.49 Å². The monoisotopic (exact) mass is 572 g/mol. The van der Waals surface area contributed by atoms with E-state index in [1.165, 1.54) is 47.0 Å². The van der Waals surface area contributed by atoms with Crippen LogP contribution in [-0.2, 0) is 18.9 Å². The number of thiocarbonyl (C=S) groups is 4. The lowest BCUT2D eigenvalue weighted by Gasteiger charge is -2.50. The molecule has 0 aliphatic carbocycles. The predicted molar refractivity (Wildman–Crippen MR) is 148 cm³/mol. The van der Waals surface area contributed by atoms with Gasteiger partial charge in [-0.1, -0.05) is 23.5 Å². The first-order valence-corrected chi connectivity index (χ1v) is 14.6. The van der Waals surface area contributed by atoms with E-state index in [1.807, 2.05) is 27.7 Å². The molecule has 28 heavy (non-hydrogen) atoms. The average molecular weight is 573 g/mol. The van der Waals surface area contributed by atoms with Crippen LogP contribution in [0.25, 0.3) is 0 Å². The summed E-state index contributed by atoms with van der Waals surface area (Å²) in [7, 11) is 0. The third-order valence-electron chi connectivity index (χ3n) is 2.38. The van der Waals surface area contributed by atoms with E-state index in [0.717, 1.165) is 0 Å². The van der Waals surface area contributed by atoms with E-state index in [9.17, 15) is 0 Å². The van der Waals surface area contributed by atoms with Gasteiger partial charge < -0.3 is 18.9 Å². The maximum Gasteiger partial charge on any atom is 0.223 e. The second kappa shape index (κ2) is 13.9. The topological polar surface area (TPSA) is 36.9 Å². The molecule has 0 N–H and O–H groups in total. The molecular weight excluding hydrogens is 553 g/mol. The Balaban J connectivity index is 2.99. The van der Waals surface area contributed by atoms with Crippen molar-refractivity contribution in [3.63, 3.8) is 0 Å². The van der Waals surface area contributed by atoms with Gasteiger partial charge in [0.05, 0.1) is 26.4 Å². The molecule has 1 rings (SSSR count). The molecule has 0 amide bonds. The highest BCUT2D eigenvalue weighted by Crippen LogP contribution is 2.81. The number of hydrogen-bond acceptors (Lipinski definition) is 14. The number of hydrogen-bond donors (Lipinski definition) is 0. The molecule has 0 aromatic rings. The van der Waals surface area contributed by atoms with Gasteiger partial charge in [0.15, 0.2) is 5.49 Å². The first-order valence-electron chi connectivity index (χ1n) is 8.07. The van der Waals surface area contributed by atoms with E-state index >= 15 is 0 Å². The highest BCUT2D eigenvalue weighted by molar-refractivity contribution is 8.73. The molecule has 1 heterocycles. The van der Waals surface area contributed by atoms with Gasteiger partial charge in [-0.3, -0.25) is 0 Å². The Labute approximate surface area is 213 Å². The van der Waals surface area contributed by atoms with Crippen LogP contribution in [0.1, 0.15) is 27.7 Å². The fourth-order valence-corrected chi connectivity index (χ4v) is 18.7. The molecule has 0 aromatic carbocycles. The van der Waals surface area contributed by atoms with Crippen LogP contribution in [0.4, 0.5) is 0 Å². The second-order valence-electron chi connectivity index (χ2n) is 4.34. The predicted octanol–water partition coefficient (Wildman–Crippen LogP) is 6.91. The van der Waals surface area contributed by atoms with Crippen molar-refractivity contribution in [3.8, 4) is 0 Å². The molecule has 14 heteroatoms. The summed E-state index contributed by atoms with van der Waals surface area (Å²) in [4.78, 5) is 0. The zero-order valence-corrected chi connectivity index (χ0v) is 23.7. The van der Waals surface area contributed by atoms with Gasteiger partial charge in [0.1, 0.15) is 0 Å². The van der Waals surface area contributed by atoms with Gasteiger partial charge in [-0.15, -0.1) is 0 Å². The van der Waals surface area contributed by atoms with Crippen molar-refractivity contribution < 1.29 is 18.9 Å². The Bertz CT molecular complexity index is 486. The summed E-state index contributed by atoms with van der Waals surface area (Å²) < 4.78 is 22.8. The maximum atomic E-state index is 5.48. The van der Waals surface area contributed by atoms with E-state index in [4.69, 9.17) is 67.8 Å². The lowest BCUT2D eigenvalue weighted by Crippen LogP contribution is -2.39. The Morgan fingerprint density at radius 3 is 0.964 bits per heavy atom. The maximum absolute atomic E-state index is 5.48. The molecule has 0 spiro atoms. The fourth-order valence-electron chi connectivity index (χ4n) is 1.52. The molecule has 160 valence electrons. The van der Waals surface area contributed by atoms with Crippen molar-refractivity contribution in [2.75, 3.05) is 26.4 Å². The number of rotatable bonds is 8. The summed E-state index contributed by atoms with van der Waals surface area (Å²) in [5.41, 5.74) is 0. The van der Waals surface area contributed by atoms with E-state index in [1.54, 1.807) is 23.5 Å². The van der Waals surface area contributed by atoms with Crippen LogP contribution >= 0.6 is 119 Å². The quantitative estimate of drug-likeness (QED) is 0.223. The molecule has 1 aliphatic rings. The minimum Gasteiger partial charge on any atom is -0.479 e. The third kappa shape index (κ3) is 9.43. The van der Waals surface area contributed by atoms with Crippen LogP contribution in [0.5, 0.6) is 0 Å². The number of thioether (sulfide) groups is 6. The molecule has 0 saturated carbocycles. The van der Waals surface area contributed by atoms with Crippen molar-refractivity contribution >= 4 is 137 Å². The molecule has 0 radical (unpaired) electrons. The van der Waals surface area contributed by atoms with Crippen molar-refractivity contribution in [3.05, 3.63) is 0 Å². The second-order valence-corrected chi connectivity index (χ2v) is 17.6. The van der Waals surface area contributed by atoms with Crippen molar-refractivity contribution in [1.82, 2.24) is 0 Å². The average Bonchev–Trinajstić information content (AvgIpc) is 2.53. The highest BCUT2D eigenvalue weighted by atomic mass is 32.4. The molecule has 1 fully saturated rings. The molecule has 0 atom stereocenters. The fraction of sp³-hybridized carbons (Fsp3) is 0.714. The van der Waals surface area contributed by atoms with Gasteiger partial charge in [-0.05, 0) is 124 Å². The van der Waals surface area contributed by atoms with Gasteiger partial charge in [0, 0.05) is 0 Å². The summed E-state index contributed by atoms with van der Waals surface area (Å²) in [5, 5.41) is 0. The first kappa shape index (κ1) is 27.7. The van der Waals surface area contributed by atoms with E-state index in [0.29, 0.717) is 44.0 Å². The SMILES string of the molecule is CCOC(=S)SC1(SC(=S)OCC)SC(SC(=S)OCC)(SC(=S)OCC)S1. The highest BCUT2D eigenvalue weighted by Gasteiger charge is 2.62. The lowest BCUT2D eigenvalue weighted by atomic mass is 10.9. The van der Waals surface area contributed by atoms with Crippen LogP contribution in [0, 0.1) is 0 Å². The Kier molecular flexibility index (Phi) is 13.8. The van der Waals surface area contributed by atoms with Crippen molar-refractivity contribution in [2.24, 2.45) is 0 Å². The van der Waals surface area contributed by atoms with E-state index in [2.05, 4.69) is 0 Å². The van der Waals surface area contributed by atoms with Gasteiger partial charge >= 0.3 is 0 Å². The minimum absolute atomic E-state index is 0.456. The van der Waals surface area contributed by atoms with Gasteiger partial charge in [0.2, 0.25) is 17.5 Å². The van der Waals surface area contributed by atoms with Crippen LogP contribution in [0.2, 0.25) is 0 Å². The zero-order chi connectivity index (χ0) is 21.2. The van der Waals surface area contributed by atoms with Gasteiger partial charge in [-0.2, -0.15) is 0 Å². The largest absolute Gasteiger partial charge is 0.479 e. The number of ether oxygens (including phenoxy) is 4. The Morgan fingerprint density at radius 2 is 0.786 bits per heavy atom. The lowest BCUT2D eigenvalue weighted by molar-refractivity contribution is 0.346. The Morgan fingerprint density at radius 1 is 0.571 bits per heavy atom. The normalized spacial score (nSPS) is 16.4. The summed E-state index contributed by atoms with van der Waals surface area (Å²) >= 11 is 30.4. The summed E-state index contributed by atoms with van der Waals surface area (Å²) in [6.45, 7) is 9.63. The molecule has 0 bridgehead atoms. The van der Waals surface area contributed by atoms with Crippen LogP contribution in [0.3, 0.4) is 0 Å². The summed E-state index contributed by atoms with van der Waals surface area (Å²) in [6.07, 6.45) is 0. The van der Waals surface area contributed by atoms with E-state index in [-0.39, 0.29) is 0 Å². The molecule has 4 nitrogen and oxygen atoms in total. The van der Waals surface area contributed by atoms with Gasteiger partial charge in [-0.25, -0.2) is 0 Å². The van der Waals surface area contributed by atoms with Crippen LogP contribution in [0.15, 0.2) is 0 Å². The van der Waals surface area contributed by atoms with Crippen LogP contribution < -0.4 is 0 Å². The Hall–Kier alpha value is 1.66. The zero-order valence-electron chi connectivity index (χ0n) is 15.5. The van der Waals surface area contributed by atoms with Crippen LogP contribution in [-0.4, -0.2) is 49.4 Å². The summed E-state index contributed by atoms with van der Waals surface area (Å²) in [6, 6.07) is 0. The minimum atomic E-state index is -0.470. The summed E-state index contributed by atoms with van der Waals surface area (Å²) in [5.74, 6) is 0. The molecule has 0 unspecified atom stereocenters. The first-order chi connectivity index (χ1) is 13.2. The van der Waals surface area contributed by atoms with Crippen molar-refractivity contribution in [1.29, 1.82) is 0 Å². The molecule has 1 aliphatic heterocycles. The molecular formula is C14H20O4S10.